The Bertz CT molecular complexity index is 419. The van der Waals surface area contributed by atoms with Crippen LogP contribution in [0.2, 0.25) is 0 Å². The van der Waals surface area contributed by atoms with Crippen LogP contribution < -0.4 is 5.32 Å². The third-order valence-corrected chi connectivity index (χ3v) is 3.28. The first-order chi connectivity index (χ1) is 9.15. The minimum absolute atomic E-state index is 0.0246. The Morgan fingerprint density at radius 3 is 2.55 bits per heavy atom. The molecule has 5 nitrogen and oxygen atoms in total. The summed E-state index contributed by atoms with van der Waals surface area (Å²) in [5.74, 6) is 0. The van der Waals surface area contributed by atoms with Crippen LogP contribution in [0.3, 0.4) is 0 Å². The summed E-state index contributed by atoms with van der Waals surface area (Å²) in [5.41, 5.74) is 1.56. The van der Waals surface area contributed by atoms with E-state index < -0.39 is 5.60 Å². The molecule has 2 N–H and O–H groups in total. The number of methoxy groups -OCH3 is 1. The van der Waals surface area contributed by atoms with E-state index in [-0.39, 0.29) is 5.41 Å². The maximum absolute atomic E-state index is 10.2. The lowest BCUT2D eigenvalue weighted by atomic mass is 9.89. The molecule has 5 heteroatoms. The van der Waals surface area contributed by atoms with E-state index in [1.54, 1.807) is 7.11 Å². The summed E-state index contributed by atoms with van der Waals surface area (Å²) in [4.78, 5) is 0. The standard InChI is InChI=1S/C15H29N3O2/c1-14(2,3)13-12(10-18(5)17-13)9-16-11-15(4,19)7-8-20-6/h10,16,19H,7-9,11H2,1-6H3. The van der Waals surface area contributed by atoms with E-state index in [0.29, 0.717) is 26.1 Å². The first kappa shape index (κ1) is 17.1. The fraction of sp³-hybridized carbons (Fsp3) is 0.800. The van der Waals surface area contributed by atoms with Crippen LogP contribution in [-0.2, 0) is 23.7 Å². The number of hydrogen-bond donors (Lipinski definition) is 2. The Labute approximate surface area is 122 Å². The summed E-state index contributed by atoms with van der Waals surface area (Å²) in [5, 5.41) is 18.1. The van der Waals surface area contributed by atoms with Crippen LogP contribution in [0.4, 0.5) is 0 Å². The van der Waals surface area contributed by atoms with Crippen molar-refractivity contribution in [2.75, 3.05) is 20.3 Å². The molecular weight excluding hydrogens is 254 g/mol. The lowest BCUT2D eigenvalue weighted by Gasteiger charge is -2.24. The van der Waals surface area contributed by atoms with Gasteiger partial charge in [-0.2, -0.15) is 5.10 Å². The molecule has 0 saturated carbocycles. The van der Waals surface area contributed by atoms with Gasteiger partial charge in [-0.3, -0.25) is 4.68 Å². The number of rotatable bonds is 7. The second kappa shape index (κ2) is 6.70. The molecule has 0 aromatic carbocycles. The highest BCUT2D eigenvalue weighted by atomic mass is 16.5. The van der Waals surface area contributed by atoms with Gasteiger partial charge in [0, 0.05) is 57.4 Å². The molecule has 1 rings (SSSR count). The molecule has 0 amide bonds. The highest BCUT2D eigenvalue weighted by Gasteiger charge is 2.23. The highest BCUT2D eigenvalue weighted by Crippen LogP contribution is 2.24. The van der Waals surface area contributed by atoms with E-state index in [2.05, 4.69) is 31.2 Å². The van der Waals surface area contributed by atoms with E-state index in [1.165, 1.54) is 5.56 Å². The van der Waals surface area contributed by atoms with Crippen LogP contribution in [0.1, 0.15) is 45.4 Å². The Morgan fingerprint density at radius 2 is 2.00 bits per heavy atom. The second-order valence-electron chi connectivity index (χ2n) is 6.77. The summed E-state index contributed by atoms with van der Waals surface area (Å²) in [6, 6.07) is 0. The average Bonchev–Trinajstić information content (AvgIpc) is 2.67. The summed E-state index contributed by atoms with van der Waals surface area (Å²) in [6.07, 6.45) is 2.66. The third-order valence-electron chi connectivity index (χ3n) is 3.28. The minimum atomic E-state index is -0.750. The SMILES string of the molecule is COCCC(C)(O)CNCc1cn(C)nc1C(C)(C)C. The highest BCUT2D eigenvalue weighted by molar-refractivity contribution is 5.23. The number of ether oxygens (including phenoxy) is 1. The van der Waals surface area contributed by atoms with Crippen molar-refractivity contribution in [3.8, 4) is 0 Å². The van der Waals surface area contributed by atoms with Gasteiger partial charge in [-0.1, -0.05) is 20.8 Å². The number of nitrogens with one attached hydrogen (secondary N) is 1. The largest absolute Gasteiger partial charge is 0.389 e. The molecule has 0 aliphatic carbocycles. The summed E-state index contributed by atoms with van der Waals surface area (Å²) < 4.78 is 6.86. The van der Waals surface area contributed by atoms with Gasteiger partial charge >= 0.3 is 0 Å². The fourth-order valence-corrected chi connectivity index (χ4v) is 2.18. The number of aliphatic hydroxyl groups is 1. The van der Waals surface area contributed by atoms with Gasteiger partial charge in [0.25, 0.3) is 0 Å². The quantitative estimate of drug-likeness (QED) is 0.798. The predicted octanol–water partition coefficient (Wildman–Crippen LogP) is 1.59. The van der Waals surface area contributed by atoms with Crippen molar-refractivity contribution >= 4 is 0 Å². The molecule has 1 unspecified atom stereocenters. The van der Waals surface area contributed by atoms with Gasteiger partial charge in [0.15, 0.2) is 0 Å². The molecule has 20 heavy (non-hydrogen) atoms. The van der Waals surface area contributed by atoms with Crippen molar-refractivity contribution in [3.05, 3.63) is 17.5 Å². The van der Waals surface area contributed by atoms with Crippen LogP contribution in [0, 0.1) is 0 Å². The van der Waals surface area contributed by atoms with Crippen LogP contribution in [0.5, 0.6) is 0 Å². The molecule has 1 aromatic rings. The fourth-order valence-electron chi connectivity index (χ4n) is 2.18. The van der Waals surface area contributed by atoms with E-state index >= 15 is 0 Å². The van der Waals surface area contributed by atoms with Gasteiger partial charge in [-0.05, 0) is 6.92 Å². The molecule has 0 aliphatic rings. The number of nitrogens with zero attached hydrogens (tertiary/aromatic N) is 2. The Balaban J connectivity index is 2.58. The van der Waals surface area contributed by atoms with Crippen LogP contribution in [-0.4, -0.2) is 40.7 Å². The van der Waals surface area contributed by atoms with Crippen LogP contribution >= 0.6 is 0 Å². The molecule has 1 atom stereocenters. The van der Waals surface area contributed by atoms with Crippen molar-refractivity contribution in [1.29, 1.82) is 0 Å². The topological polar surface area (TPSA) is 59.3 Å². The van der Waals surface area contributed by atoms with Crippen LogP contribution in [0.25, 0.3) is 0 Å². The molecule has 1 aromatic heterocycles. The predicted molar refractivity (Wildman–Crippen MR) is 80.7 cm³/mol. The van der Waals surface area contributed by atoms with E-state index in [9.17, 15) is 5.11 Å². The van der Waals surface area contributed by atoms with Crippen molar-refractivity contribution in [2.24, 2.45) is 7.05 Å². The molecule has 0 spiro atoms. The lowest BCUT2D eigenvalue weighted by molar-refractivity contribution is 0.0247. The van der Waals surface area contributed by atoms with Gasteiger partial charge in [-0.15, -0.1) is 0 Å². The average molecular weight is 283 g/mol. The number of aryl methyl sites for hydroxylation is 1. The lowest BCUT2D eigenvalue weighted by Crippen LogP contribution is -2.38. The molecule has 0 aliphatic heterocycles. The molecule has 1 heterocycles. The molecule has 0 saturated heterocycles. The van der Waals surface area contributed by atoms with Crippen molar-refractivity contribution < 1.29 is 9.84 Å². The van der Waals surface area contributed by atoms with Gasteiger partial charge in [0.1, 0.15) is 0 Å². The van der Waals surface area contributed by atoms with Crippen LogP contribution in [0.15, 0.2) is 6.20 Å². The first-order valence-electron chi connectivity index (χ1n) is 7.11. The van der Waals surface area contributed by atoms with Crippen molar-refractivity contribution in [2.45, 2.75) is 51.7 Å². The second-order valence-corrected chi connectivity index (χ2v) is 6.77. The molecule has 0 bridgehead atoms. The number of aromatic nitrogens is 2. The first-order valence-corrected chi connectivity index (χ1v) is 7.11. The Kier molecular flexibility index (Phi) is 5.74. The zero-order valence-corrected chi connectivity index (χ0v) is 13.7. The summed E-state index contributed by atoms with van der Waals surface area (Å²) in [6.45, 7) is 10.1. The van der Waals surface area contributed by atoms with E-state index in [1.807, 2.05) is 24.9 Å². The zero-order chi connectivity index (χ0) is 15.4. The summed E-state index contributed by atoms with van der Waals surface area (Å²) in [7, 11) is 3.59. The maximum atomic E-state index is 10.2. The smallest absolute Gasteiger partial charge is 0.0765 e. The van der Waals surface area contributed by atoms with E-state index in [4.69, 9.17) is 4.74 Å². The maximum Gasteiger partial charge on any atom is 0.0765 e. The summed E-state index contributed by atoms with van der Waals surface area (Å²) >= 11 is 0. The Morgan fingerprint density at radius 1 is 1.35 bits per heavy atom. The molecular formula is C15H29N3O2. The van der Waals surface area contributed by atoms with Gasteiger partial charge < -0.3 is 15.2 Å². The monoisotopic (exact) mass is 283 g/mol. The Hall–Kier alpha value is -0.910. The minimum Gasteiger partial charge on any atom is -0.389 e. The normalized spacial score (nSPS) is 15.3. The van der Waals surface area contributed by atoms with E-state index in [0.717, 1.165) is 5.69 Å². The van der Waals surface area contributed by atoms with Gasteiger partial charge in [0.05, 0.1) is 11.3 Å². The zero-order valence-electron chi connectivity index (χ0n) is 13.7. The number of hydrogen-bond acceptors (Lipinski definition) is 4. The third kappa shape index (κ3) is 5.23. The van der Waals surface area contributed by atoms with Crippen molar-refractivity contribution in [3.63, 3.8) is 0 Å². The molecule has 116 valence electrons. The molecule has 0 fully saturated rings. The molecule has 0 radical (unpaired) electrons. The van der Waals surface area contributed by atoms with Gasteiger partial charge in [0.2, 0.25) is 0 Å². The van der Waals surface area contributed by atoms with Gasteiger partial charge in [-0.25, -0.2) is 0 Å². The van der Waals surface area contributed by atoms with Crippen molar-refractivity contribution in [1.82, 2.24) is 15.1 Å².